The highest BCUT2D eigenvalue weighted by Crippen LogP contribution is 2.25. The van der Waals surface area contributed by atoms with E-state index in [0.29, 0.717) is 35.8 Å². The number of hydrogen-bond donors (Lipinski definition) is 1. The molecule has 2 aromatic rings. The van der Waals surface area contributed by atoms with Gasteiger partial charge in [0.05, 0.1) is 18.6 Å². The van der Waals surface area contributed by atoms with E-state index in [1.165, 1.54) is 4.31 Å². The summed E-state index contributed by atoms with van der Waals surface area (Å²) in [4.78, 5) is 12.0. The monoisotopic (exact) mass is 376 g/mol. The molecule has 7 nitrogen and oxygen atoms in total. The predicted octanol–water partition coefficient (Wildman–Crippen LogP) is 2.25. The molecule has 1 saturated heterocycles. The largest absolute Gasteiger partial charge is 0.497 e. The van der Waals surface area contributed by atoms with E-state index in [9.17, 15) is 13.2 Å². The third-order valence-corrected chi connectivity index (χ3v) is 5.82. The molecule has 0 aliphatic carbocycles. The molecule has 0 radical (unpaired) electrons. The highest BCUT2D eigenvalue weighted by atomic mass is 32.2. The minimum absolute atomic E-state index is 0.143. The van der Waals surface area contributed by atoms with Gasteiger partial charge in [0.1, 0.15) is 11.5 Å². The van der Waals surface area contributed by atoms with Crippen molar-refractivity contribution in [2.75, 3.05) is 35.6 Å². The van der Waals surface area contributed by atoms with Gasteiger partial charge in [-0.25, -0.2) is 8.42 Å². The van der Waals surface area contributed by atoms with Gasteiger partial charge in [-0.1, -0.05) is 6.07 Å². The van der Waals surface area contributed by atoms with Gasteiger partial charge in [-0.2, -0.15) is 0 Å². The Morgan fingerprint density at radius 2 is 1.88 bits per heavy atom. The molecular formula is C18H20N2O5S. The Balaban J connectivity index is 1.56. The van der Waals surface area contributed by atoms with Gasteiger partial charge in [-0.15, -0.1) is 0 Å². The maximum atomic E-state index is 12.0. The van der Waals surface area contributed by atoms with Crippen molar-refractivity contribution in [1.29, 1.82) is 0 Å². The summed E-state index contributed by atoms with van der Waals surface area (Å²) in [5, 5.41) is 2.72. The van der Waals surface area contributed by atoms with Crippen LogP contribution in [0.15, 0.2) is 48.5 Å². The molecule has 1 aliphatic heterocycles. The molecule has 1 fully saturated rings. The van der Waals surface area contributed by atoms with Crippen LogP contribution in [0.2, 0.25) is 0 Å². The summed E-state index contributed by atoms with van der Waals surface area (Å²) < 4.78 is 35.8. The van der Waals surface area contributed by atoms with Gasteiger partial charge in [0, 0.05) is 18.3 Å². The summed E-state index contributed by atoms with van der Waals surface area (Å²) >= 11 is 0. The fourth-order valence-corrected chi connectivity index (χ4v) is 4.24. The number of rotatable bonds is 6. The first-order valence-electron chi connectivity index (χ1n) is 8.15. The number of sulfonamides is 1. The lowest BCUT2D eigenvalue weighted by Gasteiger charge is -2.17. The van der Waals surface area contributed by atoms with E-state index in [2.05, 4.69) is 5.32 Å². The van der Waals surface area contributed by atoms with Crippen molar-refractivity contribution >= 4 is 27.3 Å². The molecule has 3 rings (SSSR count). The van der Waals surface area contributed by atoms with Gasteiger partial charge in [0.15, 0.2) is 6.61 Å². The summed E-state index contributed by atoms with van der Waals surface area (Å²) in [5.41, 5.74) is 1.18. The van der Waals surface area contributed by atoms with Crippen LogP contribution in [0.1, 0.15) is 6.42 Å². The minimum Gasteiger partial charge on any atom is -0.497 e. The summed E-state index contributed by atoms with van der Waals surface area (Å²) in [6.07, 6.45) is 0.627. The van der Waals surface area contributed by atoms with Gasteiger partial charge in [-0.05, 0) is 42.8 Å². The molecular weight excluding hydrogens is 356 g/mol. The number of carbonyl (C=O) groups is 1. The molecule has 8 heteroatoms. The maximum absolute atomic E-state index is 12.0. The Hall–Kier alpha value is -2.74. The van der Waals surface area contributed by atoms with Crippen LogP contribution in [-0.4, -0.2) is 40.3 Å². The molecule has 138 valence electrons. The first-order chi connectivity index (χ1) is 12.5. The smallest absolute Gasteiger partial charge is 0.262 e. The zero-order valence-corrected chi connectivity index (χ0v) is 15.2. The summed E-state index contributed by atoms with van der Waals surface area (Å²) in [5.74, 6) is 1.05. The number of ether oxygens (including phenoxy) is 2. The van der Waals surface area contributed by atoms with Crippen molar-refractivity contribution in [1.82, 2.24) is 0 Å². The van der Waals surface area contributed by atoms with Crippen LogP contribution in [0.4, 0.5) is 11.4 Å². The number of nitrogens with zero attached hydrogens (tertiary/aromatic N) is 1. The van der Waals surface area contributed by atoms with E-state index in [4.69, 9.17) is 9.47 Å². The molecule has 0 saturated carbocycles. The Bertz CT molecular complexity index is 881. The third-order valence-electron chi connectivity index (χ3n) is 3.95. The molecule has 1 amide bonds. The number of amides is 1. The molecule has 0 aromatic heterocycles. The average molecular weight is 376 g/mol. The van der Waals surface area contributed by atoms with Gasteiger partial charge in [0.25, 0.3) is 5.91 Å². The van der Waals surface area contributed by atoms with E-state index in [1.54, 1.807) is 55.6 Å². The molecule has 0 spiro atoms. The number of hydrogen-bond acceptors (Lipinski definition) is 5. The lowest BCUT2D eigenvalue weighted by molar-refractivity contribution is -0.118. The van der Waals surface area contributed by atoms with Crippen LogP contribution >= 0.6 is 0 Å². The predicted molar refractivity (Wildman–Crippen MR) is 99.3 cm³/mol. The highest BCUT2D eigenvalue weighted by Gasteiger charge is 2.28. The maximum Gasteiger partial charge on any atom is 0.262 e. The fourth-order valence-electron chi connectivity index (χ4n) is 2.68. The lowest BCUT2D eigenvalue weighted by atomic mass is 10.2. The highest BCUT2D eigenvalue weighted by molar-refractivity contribution is 7.93. The van der Waals surface area contributed by atoms with Crippen molar-refractivity contribution in [2.24, 2.45) is 0 Å². The quantitative estimate of drug-likeness (QED) is 0.836. The van der Waals surface area contributed by atoms with Gasteiger partial charge < -0.3 is 14.8 Å². The lowest BCUT2D eigenvalue weighted by Crippen LogP contribution is -2.25. The molecule has 0 atom stereocenters. The van der Waals surface area contributed by atoms with E-state index in [-0.39, 0.29) is 18.3 Å². The summed E-state index contributed by atoms with van der Waals surface area (Å²) in [6.45, 7) is 0.345. The standard InChI is InChI=1S/C18H20N2O5S/c1-24-16-4-2-5-17(12-16)25-13-18(21)19-14-6-8-15(9-7-14)20-10-3-11-26(20,22)23/h2,4-9,12H,3,10-11,13H2,1H3,(H,19,21). The molecule has 2 aromatic carbocycles. The fraction of sp³-hybridized carbons (Fsp3) is 0.278. The van der Waals surface area contributed by atoms with Crippen molar-refractivity contribution < 1.29 is 22.7 Å². The Morgan fingerprint density at radius 1 is 1.15 bits per heavy atom. The van der Waals surface area contributed by atoms with E-state index >= 15 is 0 Å². The zero-order chi connectivity index (χ0) is 18.6. The second kappa shape index (κ2) is 7.65. The van der Waals surface area contributed by atoms with Crippen molar-refractivity contribution in [3.05, 3.63) is 48.5 Å². The molecule has 1 N–H and O–H groups in total. The second-order valence-corrected chi connectivity index (χ2v) is 7.82. The number of benzene rings is 2. The Morgan fingerprint density at radius 3 is 2.54 bits per heavy atom. The molecule has 1 aliphatic rings. The molecule has 1 heterocycles. The number of methoxy groups -OCH3 is 1. The minimum atomic E-state index is -3.21. The van der Waals surface area contributed by atoms with Crippen LogP contribution in [-0.2, 0) is 14.8 Å². The van der Waals surface area contributed by atoms with Gasteiger partial charge in [0.2, 0.25) is 10.0 Å². The first-order valence-corrected chi connectivity index (χ1v) is 9.76. The molecule has 26 heavy (non-hydrogen) atoms. The van der Waals surface area contributed by atoms with Gasteiger partial charge in [-0.3, -0.25) is 9.10 Å². The van der Waals surface area contributed by atoms with Crippen LogP contribution in [0, 0.1) is 0 Å². The normalized spacial score (nSPS) is 15.5. The Kier molecular flexibility index (Phi) is 5.32. The van der Waals surface area contributed by atoms with E-state index in [1.807, 2.05) is 0 Å². The van der Waals surface area contributed by atoms with Gasteiger partial charge >= 0.3 is 0 Å². The van der Waals surface area contributed by atoms with Crippen LogP contribution in [0.3, 0.4) is 0 Å². The van der Waals surface area contributed by atoms with E-state index in [0.717, 1.165) is 0 Å². The Labute approximate surface area is 152 Å². The molecule has 0 bridgehead atoms. The third kappa shape index (κ3) is 4.26. The number of nitrogens with one attached hydrogen (secondary N) is 1. The number of carbonyl (C=O) groups excluding carboxylic acids is 1. The topological polar surface area (TPSA) is 84.9 Å². The SMILES string of the molecule is COc1cccc(OCC(=O)Nc2ccc(N3CCCS3(=O)=O)cc2)c1. The number of anilines is 2. The summed E-state index contributed by atoms with van der Waals surface area (Å²) in [7, 11) is -1.65. The first kappa shape index (κ1) is 18.1. The van der Waals surface area contributed by atoms with Crippen molar-refractivity contribution in [2.45, 2.75) is 6.42 Å². The zero-order valence-electron chi connectivity index (χ0n) is 14.3. The van der Waals surface area contributed by atoms with Crippen LogP contribution in [0.25, 0.3) is 0 Å². The van der Waals surface area contributed by atoms with Crippen LogP contribution in [0.5, 0.6) is 11.5 Å². The molecule has 0 unspecified atom stereocenters. The van der Waals surface area contributed by atoms with Crippen LogP contribution < -0.4 is 19.1 Å². The van der Waals surface area contributed by atoms with E-state index < -0.39 is 10.0 Å². The second-order valence-electron chi connectivity index (χ2n) is 5.80. The van der Waals surface area contributed by atoms with Crippen molar-refractivity contribution in [3.8, 4) is 11.5 Å². The summed E-state index contributed by atoms with van der Waals surface area (Å²) in [6, 6.07) is 13.7. The van der Waals surface area contributed by atoms with Crippen molar-refractivity contribution in [3.63, 3.8) is 0 Å². The average Bonchev–Trinajstić information content (AvgIpc) is 3.00.